The second-order valence-electron chi connectivity index (χ2n) is 5.58. The van der Waals surface area contributed by atoms with Crippen molar-refractivity contribution in [3.05, 3.63) is 28.8 Å². The van der Waals surface area contributed by atoms with E-state index in [1.165, 1.54) is 37.1 Å². The molecule has 0 spiro atoms. The van der Waals surface area contributed by atoms with Crippen LogP contribution in [0.2, 0.25) is 5.02 Å². The average molecular weight is 281 g/mol. The van der Waals surface area contributed by atoms with Gasteiger partial charge in [-0.25, -0.2) is 0 Å². The number of hydrogen-bond donors (Lipinski definition) is 1. The van der Waals surface area contributed by atoms with Gasteiger partial charge in [-0.3, -0.25) is 0 Å². The third-order valence-electron chi connectivity index (χ3n) is 4.35. The lowest BCUT2D eigenvalue weighted by Crippen LogP contribution is -2.35. The fraction of sp³-hybridized carbons (Fsp3) is 0.625. The predicted molar refractivity (Wildman–Crippen MR) is 84.2 cm³/mol. The molecule has 1 heterocycles. The monoisotopic (exact) mass is 280 g/mol. The van der Waals surface area contributed by atoms with Gasteiger partial charge < -0.3 is 10.2 Å². The second kappa shape index (κ2) is 6.62. The second-order valence-corrected chi connectivity index (χ2v) is 5.99. The molecule has 2 nitrogen and oxygen atoms in total. The molecule has 0 radical (unpaired) electrons. The smallest absolute Gasteiger partial charge is 0.0474 e. The Morgan fingerprint density at radius 2 is 2.26 bits per heavy atom. The molecule has 106 valence electrons. The summed E-state index contributed by atoms with van der Waals surface area (Å²) in [5.74, 6) is 0.837. The van der Waals surface area contributed by atoms with E-state index in [0.29, 0.717) is 6.04 Å². The summed E-state index contributed by atoms with van der Waals surface area (Å²) in [6.45, 7) is 6.76. The number of piperidine rings is 1. The molecule has 1 aromatic carbocycles. The number of hydrogen-bond acceptors (Lipinski definition) is 2. The van der Waals surface area contributed by atoms with Crippen LogP contribution < -0.4 is 10.2 Å². The fourth-order valence-corrected chi connectivity index (χ4v) is 3.19. The van der Waals surface area contributed by atoms with E-state index >= 15 is 0 Å². The Kier molecular flexibility index (Phi) is 5.12. The van der Waals surface area contributed by atoms with E-state index in [9.17, 15) is 0 Å². The Morgan fingerprint density at radius 1 is 1.47 bits per heavy atom. The van der Waals surface area contributed by atoms with Gasteiger partial charge in [0, 0.05) is 29.8 Å². The highest BCUT2D eigenvalue weighted by molar-refractivity contribution is 6.31. The molecule has 2 unspecified atom stereocenters. The van der Waals surface area contributed by atoms with Gasteiger partial charge in [-0.2, -0.15) is 0 Å². The Hall–Kier alpha value is -0.730. The topological polar surface area (TPSA) is 15.3 Å². The molecule has 0 amide bonds. The molecule has 1 N–H and O–H groups in total. The Bertz CT molecular complexity index is 419. The normalized spacial score (nSPS) is 21.5. The van der Waals surface area contributed by atoms with Crippen molar-refractivity contribution in [1.29, 1.82) is 0 Å². The quantitative estimate of drug-likeness (QED) is 0.887. The third-order valence-corrected chi connectivity index (χ3v) is 4.67. The molecular weight excluding hydrogens is 256 g/mol. The first-order valence-electron chi connectivity index (χ1n) is 7.37. The Morgan fingerprint density at radius 3 is 2.89 bits per heavy atom. The molecule has 0 saturated carbocycles. The maximum atomic E-state index is 6.43. The van der Waals surface area contributed by atoms with Crippen molar-refractivity contribution < 1.29 is 0 Å². The van der Waals surface area contributed by atoms with Gasteiger partial charge in [0.1, 0.15) is 0 Å². The largest absolute Gasteiger partial charge is 0.371 e. The number of rotatable bonds is 4. The van der Waals surface area contributed by atoms with E-state index < -0.39 is 0 Å². The average Bonchev–Trinajstić information content (AvgIpc) is 2.46. The third kappa shape index (κ3) is 3.43. The molecule has 1 saturated heterocycles. The summed E-state index contributed by atoms with van der Waals surface area (Å²) in [6.07, 6.45) is 3.94. The van der Waals surface area contributed by atoms with Gasteiger partial charge in [-0.1, -0.05) is 31.0 Å². The minimum Gasteiger partial charge on any atom is -0.371 e. The van der Waals surface area contributed by atoms with Crippen LogP contribution in [0.25, 0.3) is 0 Å². The van der Waals surface area contributed by atoms with Crippen LogP contribution in [0.15, 0.2) is 18.2 Å². The molecule has 0 aromatic heterocycles. The lowest BCUT2D eigenvalue weighted by Gasteiger charge is -2.34. The SMILES string of the molecule is CCC1CCCN(c2ccc(C(C)NC)c(Cl)c2)C1. The highest BCUT2D eigenvalue weighted by Gasteiger charge is 2.19. The van der Waals surface area contributed by atoms with Crippen molar-refractivity contribution in [2.75, 3.05) is 25.0 Å². The molecule has 1 aliphatic heterocycles. The van der Waals surface area contributed by atoms with E-state index in [1.807, 2.05) is 7.05 Å². The summed E-state index contributed by atoms with van der Waals surface area (Å²) in [7, 11) is 1.96. The number of benzene rings is 1. The Balaban J connectivity index is 2.15. The van der Waals surface area contributed by atoms with Crippen molar-refractivity contribution in [3.8, 4) is 0 Å². The zero-order valence-corrected chi connectivity index (χ0v) is 13.0. The number of anilines is 1. The van der Waals surface area contributed by atoms with Crippen LogP contribution in [0, 0.1) is 5.92 Å². The minimum absolute atomic E-state index is 0.297. The van der Waals surface area contributed by atoms with Crippen LogP contribution >= 0.6 is 11.6 Å². The first kappa shape index (κ1) is 14.7. The maximum absolute atomic E-state index is 6.43. The van der Waals surface area contributed by atoms with E-state index in [4.69, 9.17) is 11.6 Å². The molecule has 2 atom stereocenters. The summed E-state index contributed by atoms with van der Waals surface area (Å²) >= 11 is 6.43. The first-order chi connectivity index (χ1) is 9.15. The van der Waals surface area contributed by atoms with Gasteiger partial charge in [0.25, 0.3) is 0 Å². The van der Waals surface area contributed by atoms with Gasteiger partial charge in [0.15, 0.2) is 0 Å². The van der Waals surface area contributed by atoms with Crippen LogP contribution in [-0.4, -0.2) is 20.1 Å². The minimum atomic E-state index is 0.297. The Labute approximate surface area is 122 Å². The summed E-state index contributed by atoms with van der Waals surface area (Å²) < 4.78 is 0. The van der Waals surface area contributed by atoms with Gasteiger partial charge in [0.05, 0.1) is 0 Å². The summed E-state index contributed by atoms with van der Waals surface area (Å²) in [5.41, 5.74) is 2.45. The van der Waals surface area contributed by atoms with Crippen LogP contribution in [0.5, 0.6) is 0 Å². The lowest BCUT2D eigenvalue weighted by atomic mass is 9.95. The molecule has 19 heavy (non-hydrogen) atoms. The van der Waals surface area contributed by atoms with Crippen molar-refractivity contribution in [1.82, 2.24) is 5.32 Å². The van der Waals surface area contributed by atoms with Gasteiger partial charge in [-0.05, 0) is 50.4 Å². The van der Waals surface area contributed by atoms with E-state index in [2.05, 4.69) is 42.3 Å². The molecular formula is C16H25ClN2. The van der Waals surface area contributed by atoms with Crippen molar-refractivity contribution in [3.63, 3.8) is 0 Å². The maximum Gasteiger partial charge on any atom is 0.0474 e. The summed E-state index contributed by atoms with van der Waals surface area (Å²) in [5, 5.41) is 4.11. The predicted octanol–water partition coefficient (Wildman–Crippen LogP) is 4.25. The van der Waals surface area contributed by atoms with Crippen LogP contribution in [-0.2, 0) is 0 Å². The van der Waals surface area contributed by atoms with Crippen molar-refractivity contribution in [2.45, 2.75) is 39.2 Å². The zero-order chi connectivity index (χ0) is 13.8. The lowest BCUT2D eigenvalue weighted by molar-refractivity contribution is 0.404. The molecule has 2 rings (SSSR count). The van der Waals surface area contributed by atoms with Gasteiger partial charge in [-0.15, -0.1) is 0 Å². The number of nitrogens with one attached hydrogen (secondary N) is 1. The van der Waals surface area contributed by atoms with E-state index in [-0.39, 0.29) is 0 Å². The van der Waals surface area contributed by atoms with Crippen LogP contribution in [0.4, 0.5) is 5.69 Å². The zero-order valence-electron chi connectivity index (χ0n) is 12.2. The fourth-order valence-electron chi connectivity index (χ4n) is 2.85. The van der Waals surface area contributed by atoms with Gasteiger partial charge in [0.2, 0.25) is 0 Å². The highest BCUT2D eigenvalue weighted by atomic mass is 35.5. The van der Waals surface area contributed by atoms with Crippen molar-refractivity contribution >= 4 is 17.3 Å². The highest BCUT2D eigenvalue weighted by Crippen LogP contribution is 2.30. The number of halogens is 1. The van der Waals surface area contributed by atoms with E-state index in [0.717, 1.165) is 17.5 Å². The standard InChI is InChI=1S/C16H25ClN2/c1-4-13-6-5-9-19(11-13)14-7-8-15(12(2)18-3)16(17)10-14/h7-8,10,12-13,18H,4-6,9,11H2,1-3H3. The van der Waals surface area contributed by atoms with Crippen LogP contribution in [0.3, 0.4) is 0 Å². The van der Waals surface area contributed by atoms with E-state index in [1.54, 1.807) is 0 Å². The summed E-state index contributed by atoms with van der Waals surface area (Å²) in [6, 6.07) is 6.80. The molecule has 1 aliphatic rings. The molecule has 1 fully saturated rings. The first-order valence-corrected chi connectivity index (χ1v) is 7.75. The molecule has 3 heteroatoms. The molecule has 0 bridgehead atoms. The van der Waals surface area contributed by atoms with Crippen LogP contribution in [0.1, 0.15) is 44.7 Å². The van der Waals surface area contributed by atoms with Crippen molar-refractivity contribution in [2.24, 2.45) is 5.92 Å². The molecule has 0 aliphatic carbocycles. The molecule has 1 aromatic rings. The van der Waals surface area contributed by atoms with Gasteiger partial charge >= 0.3 is 0 Å². The number of nitrogens with zero attached hydrogens (tertiary/aromatic N) is 1. The summed E-state index contributed by atoms with van der Waals surface area (Å²) in [4.78, 5) is 2.48.